The minimum atomic E-state index is -1.01. The van der Waals surface area contributed by atoms with Crippen LogP contribution < -0.4 is 0 Å². The highest BCUT2D eigenvalue weighted by atomic mass is 19.1. The summed E-state index contributed by atoms with van der Waals surface area (Å²) in [5, 5.41) is 8.82. The van der Waals surface area contributed by atoms with Crippen LogP contribution in [0.25, 0.3) is 0 Å². The Bertz CT molecular complexity index is 414. The molecule has 0 aromatic heterocycles. The maximum atomic E-state index is 12.8. The first-order chi connectivity index (χ1) is 8.52. The summed E-state index contributed by atoms with van der Waals surface area (Å²) < 4.78 is 17.6. The minimum Gasteiger partial charge on any atom is -0.481 e. The molecule has 0 heterocycles. The third kappa shape index (κ3) is 4.53. The lowest BCUT2D eigenvalue weighted by atomic mass is 9.92. The summed E-state index contributed by atoms with van der Waals surface area (Å²) in [6, 6.07) is 5.47. The number of carbonyl (C=O) groups is 2. The quantitative estimate of drug-likeness (QED) is 0.791. The lowest BCUT2D eigenvalue weighted by Crippen LogP contribution is -2.13. The molecule has 0 aliphatic rings. The van der Waals surface area contributed by atoms with Gasteiger partial charge in [0.15, 0.2) is 0 Å². The summed E-state index contributed by atoms with van der Waals surface area (Å²) in [6.07, 6.45) is -0.212. The molecule has 0 aliphatic carbocycles. The van der Waals surface area contributed by atoms with E-state index < -0.39 is 23.7 Å². The van der Waals surface area contributed by atoms with Gasteiger partial charge in [-0.15, -0.1) is 0 Å². The van der Waals surface area contributed by atoms with E-state index in [0.717, 1.165) is 0 Å². The van der Waals surface area contributed by atoms with Crippen LogP contribution in [0.2, 0.25) is 0 Å². The smallest absolute Gasteiger partial charge is 0.306 e. The van der Waals surface area contributed by atoms with Crippen molar-refractivity contribution in [3.05, 3.63) is 35.6 Å². The highest BCUT2D eigenvalue weighted by Gasteiger charge is 2.20. The number of aliphatic carboxylic acids is 1. The van der Waals surface area contributed by atoms with Crippen molar-refractivity contribution in [1.29, 1.82) is 0 Å². The lowest BCUT2D eigenvalue weighted by molar-refractivity contribution is -0.144. The Morgan fingerprint density at radius 2 is 1.89 bits per heavy atom. The zero-order chi connectivity index (χ0) is 13.5. The van der Waals surface area contributed by atoms with Crippen LogP contribution in [0.15, 0.2) is 24.3 Å². The summed E-state index contributed by atoms with van der Waals surface area (Å²) in [5.74, 6) is -2.35. The second-order valence-electron chi connectivity index (χ2n) is 3.86. The van der Waals surface area contributed by atoms with E-state index in [9.17, 15) is 14.0 Å². The SMILES string of the molecule is CCOC(=O)C[C@H](CC(=O)O)c1ccc(F)cc1. The van der Waals surface area contributed by atoms with Crippen LogP contribution in [0.1, 0.15) is 31.2 Å². The van der Waals surface area contributed by atoms with E-state index in [4.69, 9.17) is 9.84 Å². The Labute approximate surface area is 104 Å². The molecule has 0 saturated heterocycles. The number of rotatable bonds is 6. The molecule has 0 fully saturated rings. The van der Waals surface area contributed by atoms with Crippen LogP contribution in [-0.2, 0) is 14.3 Å². The van der Waals surface area contributed by atoms with E-state index in [1.807, 2.05) is 0 Å². The van der Waals surface area contributed by atoms with Gasteiger partial charge in [-0.05, 0) is 24.6 Å². The predicted molar refractivity (Wildman–Crippen MR) is 62.6 cm³/mol. The molecule has 0 saturated carbocycles. The lowest BCUT2D eigenvalue weighted by Gasteiger charge is -2.14. The van der Waals surface area contributed by atoms with Gasteiger partial charge in [0.25, 0.3) is 0 Å². The molecule has 0 radical (unpaired) electrons. The van der Waals surface area contributed by atoms with Gasteiger partial charge in [-0.1, -0.05) is 12.1 Å². The van der Waals surface area contributed by atoms with Crippen molar-refractivity contribution >= 4 is 11.9 Å². The molecule has 18 heavy (non-hydrogen) atoms. The summed E-state index contributed by atoms with van der Waals surface area (Å²) >= 11 is 0. The number of hydrogen-bond donors (Lipinski definition) is 1. The second-order valence-corrected chi connectivity index (χ2v) is 3.86. The molecular weight excluding hydrogens is 239 g/mol. The van der Waals surface area contributed by atoms with Crippen molar-refractivity contribution < 1.29 is 23.8 Å². The number of carboxylic acid groups (broad SMARTS) is 1. The van der Waals surface area contributed by atoms with Gasteiger partial charge >= 0.3 is 11.9 Å². The fourth-order valence-corrected chi connectivity index (χ4v) is 1.67. The molecule has 98 valence electrons. The third-order valence-electron chi connectivity index (χ3n) is 2.48. The first kappa shape index (κ1) is 14.2. The predicted octanol–water partition coefficient (Wildman–Crippen LogP) is 2.34. The number of hydrogen-bond acceptors (Lipinski definition) is 3. The van der Waals surface area contributed by atoms with Crippen LogP contribution in [0.5, 0.6) is 0 Å². The van der Waals surface area contributed by atoms with Crippen LogP contribution in [0.4, 0.5) is 4.39 Å². The van der Waals surface area contributed by atoms with E-state index >= 15 is 0 Å². The van der Waals surface area contributed by atoms with Crippen molar-refractivity contribution in [3.63, 3.8) is 0 Å². The number of halogens is 1. The Morgan fingerprint density at radius 1 is 1.28 bits per heavy atom. The van der Waals surface area contributed by atoms with Crippen LogP contribution in [0.3, 0.4) is 0 Å². The largest absolute Gasteiger partial charge is 0.481 e. The topological polar surface area (TPSA) is 63.6 Å². The molecule has 4 nitrogen and oxygen atoms in total. The normalized spacial score (nSPS) is 11.9. The highest BCUT2D eigenvalue weighted by Crippen LogP contribution is 2.24. The molecule has 0 amide bonds. The van der Waals surface area contributed by atoms with Crippen molar-refractivity contribution in [2.75, 3.05) is 6.61 Å². The number of carbonyl (C=O) groups excluding carboxylic acids is 1. The molecule has 0 bridgehead atoms. The molecule has 1 aromatic rings. The first-order valence-electron chi connectivity index (χ1n) is 5.65. The fraction of sp³-hybridized carbons (Fsp3) is 0.385. The Kier molecular flexibility index (Phi) is 5.30. The zero-order valence-electron chi connectivity index (χ0n) is 10.1. The monoisotopic (exact) mass is 254 g/mol. The van der Waals surface area contributed by atoms with E-state index in [0.29, 0.717) is 5.56 Å². The number of esters is 1. The molecule has 5 heteroatoms. The van der Waals surface area contributed by atoms with Crippen molar-refractivity contribution in [2.24, 2.45) is 0 Å². The number of benzene rings is 1. The Hall–Kier alpha value is -1.91. The van der Waals surface area contributed by atoms with Gasteiger partial charge in [0.1, 0.15) is 5.82 Å². The maximum absolute atomic E-state index is 12.8. The Morgan fingerprint density at radius 3 is 2.39 bits per heavy atom. The van der Waals surface area contributed by atoms with Gasteiger partial charge in [0, 0.05) is 5.92 Å². The first-order valence-corrected chi connectivity index (χ1v) is 5.65. The summed E-state index contributed by atoms with van der Waals surface area (Å²) in [7, 11) is 0. The molecule has 0 aliphatic heterocycles. The molecule has 1 rings (SSSR count). The fourth-order valence-electron chi connectivity index (χ4n) is 1.67. The summed E-state index contributed by atoms with van der Waals surface area (Å²) in [6.45, 7) is 1.93. The maximum Gasteiger partial charge on any atom is 0.306 e. The summed E-state index contributed by atoms with van der Waals surface area (Å²) in [5.41, 5.74) is 0.617. The van der Waals surface area contributed by atoms with Gasteiger partial charge in [-0.3, -0.25) is 9.59 Å². The van der Waals surface area contributed by atoms with Crippen molar-refractivity contribution in [1.82, 2.24) is 0 Å². The molecule has 1 aromatic carbocycles. The number of carboxylic acids is 1. The van der Waals surface area contributed by atoms with Gasteiger partial charge in [0.05, 0.1) is 19.4 Å². The molecular formula is C13H15FO4. The van der Waals surface area contributed by atoms with Crippen LogP contribution in [-0.4, -0.2) is 23.7 Å². The van der Waals surface area contributed by atoms with Gasteiger partial charge in [0.2, 0.25) is 0 Å². The van der Waals surface area contributed by atoms with E-state index in [2.05, 4.69) is 0 Å². The molecule has 1 atom stereocenters. The highest BCUT2D eigenvalue weighted by molar-refractivity contribution is 5.73. The number of ether oxygens (including phenoxy) is 1. The van der Waals surface area contributed by atoms with Gasteiger partial charge in [-0.2, -0.15) is 0 Å². The van der Waals surface area contributed by atoms with Gasteiger partial charge < -0.3 is 9.84 Å². The van der Waals surface area contributed by atoms with E-state index in [1.54, 1.807) is 6.92 Å². The standard InChI is InChI=1S/C13H15FO4/c1-2-18-13(17)8-10(7-12(15)16)9-3-5-11(14)6-4-9/h3-6,10H,2,7-8H2,1H3,(H,15,16)/t10-/m0/s1. The molecule has 1 N–H and O–H groups in total. The second kappa shape index (κ2) is 6.74. The van der Waals surface area contributed by atoms with E-state index in [-0.39, 0.29) is 19.4 Å². The third-order valence-corrected chi connectivity index (χ3v) is 2.48. The van der Waals surface area contributed by atoms with Crippen molar-refractivity contribution in [3.8, 4) is 0 Å². The average molecular weight is 254 g/mol. The van der Waals surface area contributed by atoms with Crippen LogP contribution >= 0.6 is 0 Å². The Balaban J connectivity index is 2.80. The minimum absolute atomic E-state index is 0.0221. The zero-order valence-corrected chi connectivity index (χ0v) is 10.1. The van der Waals surface area contributed by atoms with E-state index in [1.165, 1.54) is 24.3 Å². The van der Waals surface area contributed by atoms with Crippen LogP contribution in [0, 0.1) is 5.82 Å². The molecule has 0 unspecified atom stereocenters. The average Bonchev–Trinajstić information content (AvgIpc) is 2.28. The van der Waals surface area contributed by atoms with Crippen molar-refractivity contribution in [2.45, 2.75) is 25.7 Å². The van der Waals surface area contributed by atoms with Gasteiger partial charge in [-0.25, -0.2) is 4.39 Å². The molecule has 0 spiro atoms. The summed E-state index contributed by atoms with van der Waals surface area (Å²) in [4.78, 5) is 22.1.